The van der Waals surface area contributed by atoms with Crippen LogP contribution in [0.3, 0.4) is 0 Å². The number of nitrogens with zero attached hydrogens (tertiary/aromatic N) is 2. The number of amides is 1. The highest BCUT2D eigenvalue weighted by Gasteiger charge is 2.60. The minimum absolute atomic E-state index is 0.0261. The Balaban J connectivity index is 1.57. The second-order valence-corrected chi connectivity index (χ2v) is 8.12. The van der Waals surface area contributed by atoms with Gasteiger partial charge in [-0.25, -0.2) is 4.79 Å². The summed E-state index contributed by atoms with van der Waals surface area (Å²) in [6.45, 7) is 5.11. The first-order valence-corrected chi connectivity index (χ1v) is 10.3. The number of rotatable bonds is 4. The molecule has 3 rings (SSSR count). The summed E-state index contributed by atoms with van der Waals surface area (Å²) in [5.74, 6) is 0. The molecule has 0 atom stereocenters. The highest BCUT2D eigenvalue weighted by Crippen LogP contribution is 2.36. The smallest absolute Gasteiger partial charge is 0.426 e. The van der Waals surface area contributed by atoms with Gasteiger partial charge in [-0.15, -0.1) is 0 Å². The first-order chi connectivity index (χ1) is 15.3. The number of carbonyl (C=O) groups is 1. The molecule has 0 bridgehead atoms. The number of aryl methyl sites for hydroxylation is 2. The van der Waals surface area contributed by atoms with E-state index in [-0.39, 0.29) is 13.1 Å². The Labute approximate surface area is 187 Å². The number of halogens is 6. The third-order valence-corrected chi connectivity index (χ3v) is 5.53. The van der Waals surface area contributed by atoms with E-state index >= 15 is 0 Å². The Hall–Kier alpha value is -2.75. The van der Waals surface area contributed by atoms with Gasteiger partial charge in [0.05, 0.1) is 0 Å². The van der Waals surface area contributed by atoms with Crippen molar-refractivity contribution >= 4 is 6.09 Å². The van der Waals surface area contributed by atoms with E-state index < -0.39 is 24.5 Å². The number of hydrogen-bond acceptors (Lipinski definition) is 3. The summed E-state index contributed by atoms with van der Waals surface area (Å²) in [6, 6.07) is 14.2. The van der Waals surface area contributed by atoms with Gasteiger partial charge >= 0.3 is 18.4 Å². The SMILES string of the molecule is Cc1cccc(-c2ccc(CN3CCN(C(=O)OC(C(F)(F)F)C(F)(F)F)CC3)c(C)c2)c1. The topological polar surface area (TPSA) is 32.8 Å². The van der Waals surface area contributed by atoms with Crippen LogP contribution in [0.4, 0.5) is 31.1 Å². The van der Waals surface area contributed by atoms with Crippen LogP contribution in [-0.4, -0.2) is 60.5 Å². The van der Waals surface area contributed by atoms with Gasteiger partial charge in [0.15, 0.2) is 0 Å². The molecule has 0 aliphatic carbocycles. The van der Waals surface area contributed by atoms with Gasteiger partial charge < -0.3 is 9.64 Å². The maximum atomic E-state index is 12.6. The van der Waals surface area contributed by atoms with Crippen molar-refractivity contribution in [3.63, 3.8) is 0 Å². The standard InChI is InChI=1S/C23H24F6N2O2/c1-15-4-3-5-17(12-15)18-6-7-19(16(2)13-18)14-30-8-10-31(11-9-30)21(32)33-20(22(24,25)26)23(27,28)29/h3-7,12-13,20H,8-11,14H2,1-2H3. The average molecular weight is 474 g/mol. The molecule has 4 nitrogen and oxygen atoms in total. The molecule has 0 aromatic heterocycles. The number of alkyl halides is 6. The molecular weight excluding hydrogens is 450 g/mol. The largest absolute Gasteiger partial charge is 0.434 e. The fourth-order valence-electron chi connectivity index (χ4n) is 3.70. The second kappa shape index (κ2) is 9.62. The quantitative estimate of drug-likeness (QED) is 0.532. The normalized spacial score (nSPS) is 15.7. The van der Waals surface area contributed by atoms with Crippen LogP contribution in [0.15, 0.2) is 42.5 Å². The van der Waals surface area contributed by atoms with Crippen molar-refractivity contribution in [1.29, 1.82) is 0 Å². The molecule has 1 heterocycles. The summed E-state index contributed by atoms with van der Waals surface area (Å²) < 4.78 is 79.5. The number of hydrogen-bond donors (Lipinski definition) is 0. The number of ether oxygens (including phenoxy) is 1. The molecule has 10 heteroatoms. The Kier molecular flexibility index (Phi) is 7.26. The van der Waals surface area contributed by atoms with Gasteiger partial charge in [0, 0.05) is 32.7 Å². The fourth-order valence-corrected chi connectivity index (χ4v) is 3.70. The Morgan fingerprint density at radius 2 is 1.52 bits per heavy atom. The molecular formula is C23H24F6N2O2. The summed E-state index contributed by atoms with van der Waals surface area (Å²) in [5.41, 5.74) is 5.46. The molecule has 0 N–H and O–H groups in total. The van der Waals surface area contributed by atoms with E-state index in [0.717, 1.165) is 32.7 Å². The predicted molar refractivity (Wildman–Crippen MR) is 111 cm³/mol. The lowest BCUT2D eigenvalue weighted by molar-refractivity contribution is -0.308. The van der Waals surface area contributed by atoms with E-state index in [1.54, 1.807) is 0 Å². The molecule has 0 unspecified atom stereocenters. The minimum Gasteiger partial charge on any atom is -0.426 e. The highest BCUT2D eigenvalue weighted by molar-refractivity contribution is 5.68. The van der Waals surface area contributed by atoms with Crippen molar-refractivity contribution in [3.05, 3.63) is 59.2 Å². The van der Waals surface area contributed by atoms with Crippen LogP contribution >= 0.6 is 0 Å². The van der Waals surface area contributed by atoms with Crippen molar-refractivity contribution in [2.75, 3.05) is 26.2 Å². The summed E-state index contributed by atoms with van der Waals surface area (Å²) in [4.78, 5) is 14.8. The molecule has 1 amide bonds. The first kappa shape index (κ1) is 24.9. The van der Waals surface area contributed by atoms with Crippen LogP contribution in [0.2, 0.25) is 0 Å². The van der Waals surface area contributed by atoms with Gasteiger partial charge in [0.25, 0.3) is 6.10 Å². The maximum absolute atomic E-state index is 12.6. The molecule has 2 aromatic carbocycles. The molecule has 0 saturated carbocycles. The second-order valence-electron chi connectivity index (χ2n) is 8.12. The summed E-state index contributed by atoms with van der Waals surface area (Å²) >= 11 is 0. The lowest BCUT2D eigenvalue weighted by Gasteiger charge is -2.35. The molecule has 0 spiro atoms. The third kappa shape index (κ3) is 6.40. The van der Waals surface area contributed by atoms with Gasteiger partial charge in [0.2, 0.25) is 0 Å². The highest BCUT2D eigenvalue weighted by atomic mass is 19.4. The monoisotopic (exact) mass is 474 g/mol. The van der Waals surface area contributed by atoms with Crippen LogP contribution in [0.1, 0.15) is 16.7 Å². The van der Waals surface area contributed by atoms with Crippen molar-refractivity contribution in [3.8, 4) is 11.1 Å². The molecule has 1 fully saturated rings. The molecule has 33 heavy (non-hydrogen) atoms. The van der Waals surface area contributed by atoms with Crippen LogP contribution in [0.5, 0.6) is 0 Å². The zero-order valence-corrected chi connectivity index (χ0v) is 18.1. The average Bonchev–Trinajstić information content (AvgIpc) is 2.72. The van der Waals surface area contributed by atoms with Crippen LogP contribution in [-0.2, 0) is 11.3 Å². The van der Waals surface area contributed by atoms with Gasteiger partial charge in [-0.05, 0) is 36.1 Å². The van der Waals surface area contributed by atoms with E-state index in [1.807, 2.05) is 49.1 Å². The Morgan fingerprint density at radius 3 is 2.06 bits per heavy atom. The lowest BCUT2D eigenvalue weighted by Crippen LogP contribution is -2.52. The van der Waals surface area contributed by atoms with Crippen molar-refractivity contribution < 1.29 is 35.9 Å². The summed E-state index contributed by atoms with van der Waals surface area (Å²) in [6.07, 6.45) is -17.2. The predicted octanol–water partition coefficient (Wildman–Crippen LogP) is 5.72. The first-order valence-electron chi connectivity index (χ1n) is 10.3. The fraction of sp³-hybridized carbons (Fsp3) is 0.435. The van der Waals surface area contributed by atoms with Crippen molar-refractivity contribution in [2.24, 2.45) is 0 Å². The molecule has 1 saturated heterocycles. The van der Waals surface area contributed by atoms with Gasteiger partial charge in [-0.3, -0.25) is 4.90 Å². The minimum atomic E-state index is -5.72. The Morgan fingerprint density at radius 1 is 0.909 bits per heavy atom. The van der Waals surface area contributed by atoms with Crippen molar-refractivity contribution in [1.82, 2.24) is 9.80 Å². The molecule has 2 aromatic rings. The van der Waals surface area contributed by atoms with Gasteiger partial charge in [0.1, 0.15) is 0 Å². The molecule has 180 valence electrons. The third-order valence-electron chi connectivity index (χ3n) is 5.53. The van der Waals surface area contributed by atoms with Gasteiger partial charge in [-0.1, -0.05) is 48.0 Å². The van der Waals surface area contributed by atoms with Crippen LogP contribution < -0.4 is 0 Å². The number of piperazine rings is 1. The number of benzene rings is 2. The molecule has 1 aliphatic heterocycles. The summed E-state index contributed by atoms with van der Waals surface area (Å²) in [5, 5.41) is 0. The Bertz CT molecular complexity index is 968. The van der Waals surface area contributed by atoms with E-state index in [4.69, 9.17) is 0 Å². The van der Waals surface area contributed by atoms with Gasteiger partial charge in [-0.2, -0.15) is 26.3 Å². The molecule has 0 radical (unpaired) electrons. The van der Waals surface area contributed by atoms with Crippen molar-refractivity contribution in [2.45, 2.75) is 38.8 Å². The van der Waals surface area contributed by atoms with Crippen LogP contribution in [0.25, 0.3) is 11.1 Å². The number of carbonyl (C=O) groups excluding carboxylic acids is 1. The van der Waals surface area contributed by atoms with E-state index in [0.29, 0.717) is 19.6 Å². The van der Waals surface area contributed by atoms with E-state index in [9.17, 15) is 31.1 Å². The lowest BCUT2D eigenvalue weighted by atomic mass is 9.98. The zero-order chi connectivity index (χ0) is 24.4. The zero-order valence-electron chi connectivity index (χ0n) is 18.1. The van der Waals surface area contributed by atoms with E-state index in [2.05, 4.69) is 16.9 Å². The molecule has 1 aliphatic rings. The van der Waals surface area contributed by atoms with E-state index in [1.165, 1.54) is 0 Å². The summed E-state index contributed by atoms with van der Waals surface area (Å²) in [7, 11) is 0. The maximum Gasteiger partial charge on any atom is 0.434 e. The van der Waals surface area contributed by atoms with Crippen LogP contribution in [0, 0.1) is 13.8 Å².